The summed E-state index contributed by atoms with van der Waals surface area (Å²) in [5.41, 5.74) is 10.5. The van der Waals surface area contributed by atoms with E-state index in [2.05, 4.69) is 4.74 Å². The number of benzene rings is 1. The molecule has 0 aromatic heterocycles. The van der Waals surface area contributed by atoms with Crippen molar-refractivity contribution in [3.05, 3.63) is 29.6 Å². The molecule has 3 nitrogen and oxygen atoms in total. The van der Waals surface area contributed by atoms with Crippen LogP contribution in [0.15, 0.2) is 18.2 Å². The van der Waals surface area contributed by atoms with Gasteiger partial charge in [0.05, 0.1) is 0 Å². The lowest BCUT2D eigenvalue weighted by molar-refractivity contribution is -0.274. The molecule has 0 saturated carbocycles. The minimum absolute atomic E-state index is 0. The van der Waals surface area contributed by atoms with Crippen molar-refractivity contribution in [2.24, 2.45) is 11.5 Å². The van der Waals surface area contributed by atoms with Gasteiger partial charge in [-0.3, -0.25) is 0 Å². The van der Waals surface area contributed by atoms with E-state index in [0.717, 1.165) is 18.2 Å². The Balaban J connectivity index is 0.00000256. The van der Waals surface area contributed by atoms with Crippen LogP contribution in [0, 0.1) is 5.82 Å². The first-order chi connectivity index (χ1) is 7.33. The van der Waals surface area contributed by atoms with E-state index in [1.807, 2.05) is 0 Å². The Bertz CT molecular complexity index is 373. The van der Waals surface area contributed by atoms with Crippen LogP contribution in [-0.2, 0) is 0 Å². The van der Waals surface area contributed by atoms with Crippen LogP contribution in [0.4, 0.5) is 17.6 Å². The normalized spacial score (nSPS) is 12.8. The molecule has 0 bridgehead atoms. The Kier molecular flexibility index (Phi) is 5.67. The zero-order valence-corrected chi connectivity index (χ0v) is 9.32. The molecule has 0 unspecified atom stereocenters. The molecule has 0 fully saturated rings. The Morgan fingerprint density at radius 2 is 1.88 bits per heavy atom. The fourth-order valence-electron chi connectivity index (χ4n) is 1.13. The van der Waals surface area contributed by atoms with Crippen molar-refractivity contribution in [2.45, 2.75) is 12.4 Å². The van der Waals surface area contributed by atoms with E-state index < -0.39 is 24.0 Å². The summed E-state index contributed by atoms with van der Waals surface area (Å²) in [7, 11) is 0. The van der Waals surface area contributed by atoms with E-state index in [0.29, 0.717) is 0 Å². The third-order valence-corrected chi connectivity index (χ3v) is 1.85. The Labute approximate surface area is 101 Å². The van der Waals surface area contributed by atoms with Gasteiger partial charge >= 0.3 is 6.36 Å². The van der Waals surface area contributed by atoms with Gasteiger partial charge in [0.2, 0.25) is 0 Å². The molecule has 4 N–H and O–H groups in total. The maximum atomic E-state index is 13.2. The van der Waals surface area contributed by atoms with E-state index in [1.165, 1.54) is 0 Å². The van der Waals surface area contributed by atoms with Crippen molar-refractivity contribution in [1.29, 1.82) is 0 Å². The molecule has 0 aliphatic heterocycles. The standard InChI is InChI=1S/C9H10F4N2O.ClH/c10-7-2-1-5(16-9(11,12)13)3-6(7)8(15)4-14;/h1-3,8H,4,14-15H2;1H/t8-;/m0./s1. The van der Waals surface area contributed by atoms with Crippen LogP contribution in [0.25, 0.3) is 0 Å². The van der Waals surface area contributed by atoms with Gasteiger partial charge in [0.15, 0.2) is 0 Å². The van der Waals surface area contributed by atoms with Crippen molar-refractivity contribution in [3.8, 4) is 5.75 Å². The lowest BCUT2D eigenvalue weighted by atomic mass is 10.1. The lowest BCUT2D eigenvalue weighted by Crippen LogP contribution is -2.22. The molecule has 0 amide bonds. The molecule has 1 atom stereocenters. The number of ether oxygens (including phenoxy) is 1. The third-order valence-electron chi connectivity index (χ3n) is 1.85. The lowest BCUT2D eigenvalue weighted by Gasteiger charge is -2.13. The minimum atomic E-state index is -4.82. The average Bonchev–Trinajstić information content (AvgIpc) is 2.18. The summed E-state index contributed by atoms with van der Waals surface area (Å²) >= 11 is 0. The van der Waals surface area contributed by atoms with Gasteiger partial charge in [-0.25, -0.2) is 4.39 Å². The van der Waals surface area contributed by atoms with Crippen LogP contribution in [-0.4, -0.2) is 12.9 Å². The van der Waals surface area contributed by atoms with Crippen LogP contribution < -0.4 is 16.2 Å². The Morgan fingerprint density at radius 1 is 1.29 bits per heavy atom. The van der Waals surface area contributed by atoms with Gasteiger partial charge in [0.25, 0.3) is 0 Å². The monoisotopic (exact) mass is 274 g/mol. The average molecular weight is 275 g/mol. The van der Waals surface area contributed by atoms with Crippen LogP contribution in [0.3, 0.4) is 0 Å². The van der Waals surface area contributed by atoms with Gasteiger partial charge in [0.1, 0.15) is 11.6 Å². The molecule has 0 spiro atoms. The van der Waals surface area contributed by atoms with Crippen molar-refractivity contribution < 1.29 is 22.3 Å². The van der Waals surface area contributed by atoms with E-state index in [-0.39, 0.29) is 24.5 Å². The summed E-state index contributed by atoms with van der Waals surface area (Å²) in [6.45, 7) is -0.0770. The number of hydrogen-bond acceptors (Lipinski definition) is 3. The molecule has 98 valence electrons. The van der Waals surface area contributed by atoms with E-state index >= 15 is 0 Å². The second-order valence-corrected chi connectivity index (χ2v) is 3.07. The summed E-state index contributed by atoms with van der Waals surface area (Å²) in [6.07, 6.45) is -4.82. The molecule has 1 aromatic carbocycles. The van der Waals surface area contributed by atoms with Crippen molar-refractivity contribution in [2.75, 3.05) is 6.54 Å². The Hall–Kier alpha value is -1.05. The summed E-state index contributed by atoms with van der Waals surface area (Å²) in [4.78, 5) is 0. The van der Waals surface area contributed by atoms with Gasteiger partial charge < -0.3 is 16.2 Å². The first kappa shape index (κ1) is 16.0. The second kappa shape index (κ2) is 6.04. The van der Waals surface area contributed by atoms with Gasteiger partial charge in [-0.05, 0) is 18.2 Å². The predicted octanol–water partition coefficient (Wildman–Crippen LogP) is 2.10. The maximum Gasteiger partial charge on any atom is 0.573 e. The number of nitrogens with two attached hydrogens (primary N) is 2. The van der Waals surface area contributed by atoms with Gasteiger partial charge in [-0.2, -0.15) is 0 Å². The Morgan fingerprint density at radius 3 is 2.35 bits per heavy atom. The van der Waals surface area contributed by atoms with Gasteiger partial charge in [0, 0.05) is 18.2 Å². The van der Waals surface area contributed by atoms with Crippen LogP contribution in [0.5, 0.6) is 5.75 Å². The molecule has 17 heavy (non-hydrogen) atoms. The summed E-state index contributed by atoms with van der Waals surface area (Å²) in [6, 6.07) is 1.75. The second-order valence-electron chi connectivity index (χ2n) is 3.07. The largest absolute Gasteiger partial charge is 0.573 e. The van der Waals surface area contributed by atoms with E-state index in [4.69, 9.17) is 11.5 Å². The third kappa shape index (κ3) is 4.76. The first-order valence-corrected chi connectivity index (χ1v) is 4.34. The number of rotatable bonds is 3. The highest BCUT2D eigenvalue weighted by molar-refractivity contribution is 5.85. The highest BCUT2D eigenvalue weighted by Gasteiger charge is 2.31. The van der Waals surface area contributed by atoms with Gasteiger partial charge in [-0.1, -0.05) is 0 Å². The molecule has 1 rings (SSSR count). The molecule has 0 saturated heterocycles. The number of alkyl halides is 3. The van der Waals surface area contributed by atoms with Crippen LogP contribution in [0.2, 0.25) is 0 Å². The highest BCUT2D eigenvalue weighted by Crippen LogP contribution is 2.26. The molecular formula is C9H11ClF4N2O. The summed E-state index contributed by atoms with van der Waals surface area (Å²) in [5, 5.41) is 0. The van der Waals surface area contributed by atoms with Gasteiger partial charge in [-0.15, -0.1) is 25.6 Å². The molecule has 0 heterocycles. The number of hydrogen-bond donors (Lipinski definition) is 2. The maximum absolute atomic E-state index is 13.2. The van der Waals surface area contributed by atoms with E-state index in [1.54, 1.807) is 0 Å². The molecule has 0 radical (unpaired) electrons. The fourth-order valence-corrected chi connectivity index (χ4v) is 1.13. The van der Waals surface area contributed by atoms with E-state index in [9.17, 15) is 17.6 Å². The SMILES string of the molecule is Cl.NC[C@H](N)c1cc(OC(F)(F)F)ccc1F. The highest BCUT2D eigenvalue weighted by atomic mass is 35.5. The smallest absolute Gasteiger partial charge is 0.406 e. The predicted molar refractivity (Wildman–Crippen MR) is 56.3 cm³/mol. The molecule has 8 heteroatoms. The summed E-state index contributed by atoms with van der Waals surface area (Å²) in [5.74, 6) is -1.24. The first-order valence-electron chi connectivity index (χ1n) is 4.34. The number of halogens is 5. The summed E-state index contributed by atoms with van der Waals surface area (Å²) < 4.78 is 52.5. The van der Waals surface area contributed by atoms with Crippen molar-refractivity contribution >= 4 is 12.4 Å². The van der Waals surface area contributed by atoms with Crippen molar-refractivity contribution in [3.63, 3.8) is 0 Å². The fraction of sp³-hybridized carbons (Fsp3) is 0.333. The van der Waals surface area contributed by atoms with Crippen LogP contribution in [0.1, 0.15) is 11.6 Å². The molecule has 0 aliphatic carbocycles. The van der Waals surface area contributed by atoms with Crippen LogP contribution >= 0.6 is 12.4 Å². The minimum Gasteiger partial charge on any atom is -0.406 e. The quantitative estimate of drug-likeness (QED) is 0.830. The zero-order valence-electron chi connectivity index (χ0n) is 8.50. The molecular weight excluding hydrogens is 264 g/mol. The zero-order chi connectivity index (χ0) is 12.3. The molecule has 1 aromatic rings. The molecule has 0 aliphatic rings. The topological polar surface area (TPSA) is 61.3 Å². The van der Waals surface area contributed by atoms with Crippen molar-refractivity contribution in [1.82, 2.24) is 0 Å².